The Kier molecular flexibility index (Phi) is 7.02. The van der Waals surface area contributed by atoms with Gasteiger partial charge in [-0.3, -0.25) is 0 Å². The Morgan fingerprint density at radius 3 is 2.13 bits per heavy atom. The van der Waals surface area contributed by atoms with Gasteiger partial charge in [0.25, 0.3) is 0 Å². The molecule has 3 heteroatoms. The summed E-state index contributed by atoms with van der Waals surface area (Å²) >= 11 is 5.06. The fourth-order valence-corrected chi connectivity index (χ4v) is 0.713. The first-order valence-electron chi connectivity index (χ1n) is 4.34. The van der Waals surface area contributed by atoms with Gasteiger partial charge < -0.3 is 5.11 Å². The van der Waals surface area contributed by atoms with E-state index in [2.05, 4.69) is 6.58 Å². The fourth-order valence-electron chi connectivity index (χ4n) is 0.713. The second-order valence-electron chi connectivity index (χ2n) is 2.56. The van der Waals surface area contributed by atoms with E-state index in [0.29, 0.717) is 0 Å². The van der Waals surface area contributed by atoms with E-state index in [1.807, 2.05) is 36.4 Å². The summed E-state index contributed by atoms with van der Waals surface area (Å²) in [4.78, 5) is 9.73. The molecule has 80 valence electrons. The van der Waals surface area contributed by atoms with Crippen LogP contribution in [-0.4, -0.2) is 11.1 Å². The van der Waals surface area contributed by atoms with E-state index in [1.165, 1.54) is 11.6 Å². The lowest BCUT2D eigenvalue weighted by atomic mass is 10.2. The standard InChI is InChI=1S/C8H8.C4H5ClO2/c1-2-8-6-4-3-5-7-8;1-2-3(5)4(6)7/h2-7H,1H2;2H,1H3,(H,6,7). The Hall–Kier alpha value is -1.54. The average molecular weight is 225 g/mol. The zero-order chi connectivity index (χ0) is 11.7. The molecule has 0 bridgehead atoms. The van der Waals surface area contributed by atoms with E-state index in [4.69, 9.17) is 16.7 Å². The minimum atomic E-state index is -1.08. The van der Waals surface area contributed by atoms with Crippen LogP contribution in [0.2, 0.25) is 0 Å². The van der Waals surface area contributed by atoms with E-state index in [0.717, 1.165) is 0 Å². The summed E-state index contributed by atoms with van der Waals surface area (Å²) in [6.07, 6.45) is 3.16. The van der Waals surface area contributed by atoms with Crippen molar-refractivity contribution >= 4 is 23.6 Å². The summed E-state index contributed by atoms with van der Waals surface area (Å²) in [5.74, 6) is -1.08. The number of rotatable bonds is 2. The van der Waals surface area contributed by atoms with Crippen LogP contribution in [0.1, 0.15) is 12.5 Å². The lowest BCUT2D eigenvalue weighted by Crippen LogP contribution is -1.91. The molecule has 1 N–H and O–H groups in total. The molecule has 0 saturated carbocycles. The van der Waals surface area contributed by atoms with Crippen molar-refractivity contribution in [3.8, 4) is 0 Å². The molecule has 0 heterocycles. The highest BCUT2D eigenvalue weighted by atomic mass is 35.5. The number of carboxylic acids is 1. The van der Waals surface area contributed by atoms with Gasteiger partial charge >= 0.3 is 5.97 Å². The maximum Gasteiger partial charge on any atom is 0.346 e. The maximum atomic E-state index is 9.73. The van der Waals surface area contributed by atoms with Crippen molar-refractivity contribution in [1.82, 2.24) is 0 Å². The van der Waals surface area contributed by atoms with E-state index in [9.17, 15) is 4.79 Å². The molecule has 1 aromatic carbocycles. The average Bonchev–Trinajstić information content (AvgIpc) is 2.29. The van der Waals surface area contributed by atoms with Crippen LogP contribution in [0, 0.1) is 0 Å². The number of carbonyl (C=O) groups is 1. The molecule has 0 aromatic heterocycles. The molecular weight excluding hydrogens is 212 g/mol. The molecule has 0 unspecified atom stereocenters. The van der Waals surface area contributed by atoms with Gasteiger partial charge in [-0.1, -0.05) is 60.7 Å². The zero-order valence-electron chi connectivity index (χ0n) is 8.48. The van der Waals surface area contributed by atoms with E-state index in [1.54, 1.807) is 6.92 Å². The predicted octanol–water partition coefficient (Wildman–Crippen LogP) is 3.54. The van der Waals surface area contributed by atoms with Gasteiger partial charge in [0.15, 0.2) is 0 Å². The number of benzene rings is 1. The molecule has 0 radical (unpaired) electrons. The van der Waals surface area contributed by atoms with E-state index >= 15 is 0 Å². The van der Waals surface area contributed by atoms with Crippen molar-refractivity contribution in [3.63, 3.8) is 0 Å². The lowest BCUT2D eigenvalue weighted by Gasteiger charge is -1.85. The smallest absolute Gasteiger partial charge is 0.346 e. The number of hydrogen-bond acceptors (Lipinski definition) is 1. The van der Waals surface area contributed by atoms with Crippen molar-refractivity contribution in [2.45, 2.75) is 6.92 Å². The highest BCUT2D eigenvalue weighted by Gasteiger charge is 1.96. The quantitative estimate of drug-likeness (QED) is 0.781. The molecule has 0 atom stereocenters. The Morgan fingerprint density at radius 1 is 1.40 bits per heavy atom. The molecule has 1 aromatic rings. The highest BCUT2D eigenvalue weighted by molar-refractivity contribution is 6.40. The summed E-state index contributed by atoms with van der Waals surface area (Å²) in [6, 6.07) is 10.0. The third-order valence-electron chi connectivity index (χ3n) is 1.49. The van der Waals surface area contributed by atoms with Crippen LogP contribution in [0.25, 0.3) is 6.08 Å². The first-order chi connectivity index (χ1) is 7.11. The second kappa shape index (κ2) is 7.83. The topological polar surface area (TPSA) is 37.3 Å². The van der Waals surface area contributed by atoms with E-state index in [-0.39, 0.29) is 5.03 Å². The van der Waals surface area contributed by atoms with Crippen LogP contribution in [0.3, 0.4) is 0 Å². The second-order valence-corrected chi connectivity index (χ2v) is 2.96. The van der Waals surface area contributed by atoms with Gasteiger partial charge in [-0.15, -0.1) is 0 Å². The van der Waals surface area contributed by atoms with Gasteiger partial charge in [0.1, 0.15) is 5.03 Å². The summed E-state index contributed by atoms with van der Waals surface area (Å²) < 4.78 is 0. The summed E-state index contributed by atoms with van der Waals surface area (Å²) in [6.45, 7) is 5.20. The van der Waals surface area contributed by atoms with Gasteiger partial charge in [0.2, 0.25) is 0 Å². The monoisotopic (exact) mass is 224 g/mol. The molecule has 0 aliphatic heterocycles. The van der Waals surface area contributed by atoms with Gasteiger partial charge in [0.05, 0.1) is 0 Å². The lowest BCUT2D eigenvalue weighted by molar-refractivity contribution is -0.131. The first-order valence-corrected chi connectivity index (χ1v) is 4.72. The van der Waals surface area contributed by atoms with Crippen molar-refractivity contribution in [2.75, 3.05) is 0 Å². The van der Waals surface area contributed by atoms with Crippen molar-refractivity contribution in [3.05, 3.63) is 53.6 Å². The van der Waals surface area contributed by atoms with E-state index < -0.39 is 5.97 Å². The van der Waals surface area contributed by atoms with Gasteiger partial charge in [0, 0.05) is 0 Å². The third kappa shape index (κ3) is 6.52. The minimum Gasteiger partial charge on any atom is -0.477 e. The Labute approximate surface area is 94.5 Å². The predicted molar refractivity (Wildman–Crippen MR) is 63.8 cm³/mol. The van der Waals surface area contributed by atoms with Gasteiger partial charge in [-0.05, 0) is 12.5 Å². The molecular formula is C12H13ClO2. The molecule has 0 aliphatic carbocycles. The highest BCUT2D eigenvalue weighted by Crippen LogP contribution is 1.98. The van der Waals surface area contributed by atoms with Crippen LogP contribution >= 0.6 is 11.6 Å². The van der Waals surface area contributed by atoms with Crippen LogP contribution in [0.5, 0.6) is 0 Å². The molecule has 2 nitrogen and oxygen atoms in total. The third-order valence-corrected chi connectivity index (χ3v) is 1.87. The fraction of sp³-hybridized carbons (Fsp3) is 0.0833. The molecule has 1 rings (SSSR count). The van der Waals surface area contributed by atoms with Crippen LogP contribution in [-0.2, 0) is 4.79 Å². The molecule has 0 saturated heterocycles. The first kappa shape index (κ1) is 13.5. The Bertz CT molecular complexity index is 342. The van der Waals surface area contributed by atoms with Crippen molar-refractivity contribution < 1.29 is 9.90 Å². The van der Waals surface area contributed by atoms with Gasteiger partial charge in [-0.2, -0.15) is 0 Å². The normalized spacial score (nSPS) is 9.87. The van der Waals surface area contributed by atoms with Crippen LogP contribution < -0.4 is 0 Å². The van der Waals surface area contributed by atoms with Crippen molar-refractivity contribution in [2.24, 2.45) is 0 Å². The number of aliphatic carboxylic acids is 1. The Balaban J connectivity index is 0.000000265. The maximum absolute atomic E-state index is 9.73. The summed E-state index contributed by atoms with van der Waals surface area (Å²) in [7, 11) is 0. The summed E-state index contributed by atoms with van der Waals surface area (Å²) in [5, 5.41) is 7.84. The zero-order valence-corrected chi connectivity index (χ0v) is 9.24. The number of hydrogen-bond donors (Lipinski definition) is 1. The van der Waals surface area contributed by atoms with Crippen molar-refractivity contribution in [1.29, 1.82) is 0 Å². The molecule has 0 fully saturated rings. The number of allylic oxidation sites excluding steroid dienone is 1. The number of halogens is 1. The Morgan fingerprint density at radius 2 is 1.93 bits per heavy atom. The summed E-state index contributed by atoms with van der Waals surface area (Å²) in [5.41, 5.74) is 1.17. The van der Waals surface area contributed by atoms with Crippen LogP contribution in [0.4, 0.5) is 0 Å². The molecule has 0 amide bonds. The largest absolute Gasteiger partial charge is 0.477 e. The minimum absolute atomic E-state index is 0.139. The molecule has 0 aliphatic rings. The molecule has 0 spiro atoms. The molecule has 15 heavy (non-hydrogen) atoms. The van der Waals surface area contributed by atoms with Gasteiger partial charge in [-0.25, -0.2) is 4.79 Å². The SMILES string of the molecule is C=Cc1ccccc1.CC=C(Cl)C(=O)O. The number of carboxylic acid groups (broad SMARTS) is 1. The van der Waals surface area contributed by atoms with Crippen LogP contribution in [0.15, 0.2) is 48.0 Å².